The Morgan fingerprint density at radius 2 is 2.20 bits per heavy atom. The Balaban J connectivity index is 2.59. The Morgan fingerprint density at radius 3 is 2.75 bits per heavy atom. The van der Waals surface area contributed by atoms with Crippen molar-refractivity contribution >= 4 is 23.4 Å². The fourth-order valence-corrected chi connectivity index (χ4v) is 1.89. The molecule has 20 heavy (non-hydrogen) atoms. The predicted molar refractivity (Wildman–Crippen MR) is 76.2 cm³/mol. The molecule has 1 N–H and O–H groups in total. The predicted octanol–water partition coefficient (Wildman–Crippen LogP) is 2.24. The number of nitrogens with zero attached hydrogens (tertiary/aromatic N) is 1. The molecule has 1 rings (SSSR count). The van der Waals surface area contributed by atoms with Crippen molar-refractivity contribution in [2.75, 3.05) is 19.6 Å². The van der Waals surface area contributed by atoms with E-state index in [1.165, 1.54) is 30.0 Å². The van der Waals surface area contributed by atoms with Crippen LogP contribution < -0.4 is 5.32 Å². The summed E-state index contributed by atoms with van der Waals surface area (Å²) in [6.07, 6.45) is 1.59. The van der Waals surface area contributed by atoms with Crippen LogP contribution >= 0.6 is 11.6 Å². The highest BCUT2D eigenvalue weighted by Crippen LogP contribution is 2.18. The van der Waals surface area contributed by atoms with Crippen molar-refractivity contribution in [3.05, 3.63) is 47.3 Å². The average molecular weight is 299 g/mol. The van der Waals surface area contributed by atoms with Crippen LogP contribution in [0.5, 0.6) is 0 Å². The van der Waals surface area contributed by atoms with E-state index in [4.69, 9.17) is 11.6 Å². The molecule has 4 nitrogen and oxygen atoms in total. The second-order valence-electron chi connectivity index (χ2n) is 4.11. The van der Waals surface area contributed by atoms with Crippen LogP contribution in [0.25, 0.3) is 0 Å². The molecular formula is C14H16ClFN2O2. The highest BCUT2D eigenvalue weighted by molar-refractivity contribution is 6.33. The van der Waals surface area contributed by atoms with Gasteiger partial charge < -0.3 is 10.2 Å². The number of hydrogen-bond donors (Lipinski definition) is 1. The first-order valence-corrected chi connectivity index (χ1v) is 6.43. The first-order chi connectivity index (χ1) is 9.47. The normalized spacial score (nSPS) is 9.95. The Labute approximate surface area is 122 Å². The summed E-state index contributed by atoms with van der Waals surface area (Å²) in [6.45, 7) is 5.90. The van der Waals surface area contributed by atoms with Gasteiger partial charge in [0.05, 0.1) is 10.6 Å². The van der Waals surface area contributed by atoms with Gasteiger partial charge in [-0.25, -0.2) is 4.39 Å². The molecule has 0 spiro atoms. The van der Waals surface area contributed by atoms with Crippen molar-refractivity contribution in [2.24, 2.45) is 0 Å². The van der Waals surface area contributed by atoms with Crippen LogP contribution in [0, 0.1) is 5.82 Å². The first kappa shape index (κ1) is 16.2. The van der Waals surface area contributed by atoms with E-state index in [0.29, 0.717) is 13.1 Å². The zero-order valence-electron chi connectivity index (χ0n) is 11.2. The quantitative estimate of drug-likeness (QED) is 0.819. The van der Waals surface area contributed by atoms with Crippen LogP contribution in [-0.4, -0.2) is 36.3 Å². The van der Waals surface area contributed by atoms with E-state index in [1.807, 2.05) is 0 Å². The molecule has 0 aliphatic heterocycles. The van der Waals surface area contributed by atoms with Gasteiger partial charge in [0.25, 0.3) is 5.91 Å². The third-order valence-electron chi connectivity index (χ3n) is 2.65. The molecule has 0 aliphatic carbocycles. The lowest BCUT2D eigenvalue weighted by atomic mass is 10.2. The van der Waals surface area contributed by atoms with Gasteiger partial charge in [0.2, 0.25) is 5.91 Å². The standard InChI is InChI=1S/C14H16ClFN2O2/c1-3-8-18(10(2)19)9-7-17-14(20)13-11(15)5-4-6-12(13)16/h3-6H,1,7-9H2,2H3,(H,17,20). The van der Waals surface area contributed by atoms with Crippen LogP contribution in [0.4, 0.5) is 4.39 Å². The zero-order valence-corrected chi connectivity index (χ0v) is 11.9. The number of carbonyl (C=O) groups excluding carboxylic acids is 2. The van der Waals surface area contributed by atoms with Crippen molar-refractivity contribution < 1.29 is 14.0 Å². The van der Waals surface area contributed by atoms with Crippen LogP contribution in [0.1, 0.15) is 17.3 Å². The fraction of sp³-hybridized carbons (Fsp3) is 0.286. The van der Waals surface area contributed by atoms with Gasteiger partial charge in [-0.1, -0.05) is 23.7 Å². The number of nitrogens with one attached hydrogen (secondary N) is 1. The summed E-state index contributed by atoms with van der Waals surface area (Å²) in [4.78, 5) is 24.6. The highest BCUT2D eigenvalue weighted by Gasteiger charge is 2.15. The maximum Gasteiger partial charge on any atom is 0.255 e. The van der Waals surface area contributed by atoms with E-state index in [0.717, 1.165) is 0 Å². The lowest BCUT2D eigenvalue weighted by Gasteiger charge is -2.19. The topological polar surface area (TPSA) is 49.4 Å². The van der Waals surface area contributed by atoms with E-state index >= 15 is 0 Å². The van der Waals surface area contributed by atoms with Crippen molar-refractivity contribution in [2.45, 2.75) is 6.92 Å². The smallest absolute Gasteiger partial charge is 0.255 e. The number of benzene rings is 1. The zero-order chi connectivity index (χ0) is 15.1. The Morgan fingerprint density at radius 1 is 1.50 bits per heavy atom. The molecule has 2 amide bonds. The molecular weight excluding hydrogens is 283 g/mol. The van der Waals surface area contributed by atoms with E-state index < -0.39 is 11.7 Å². The van der Waals surface area contributed by atoms with Crippen molar-refractivity contribution in [3.63, 3.8) is 0 Å². The van der Waals surface area contributed by atoms with Gasteiger partial charge in [0.15, 0.2) is 0 Å². The average Bonchev–Trinajstić information content (AvgIpc) is 2.37. The second kappa shape index (κ2) is 7.65. The molecule has 108 valence electrons. The molecule has 1 aromatic rings. The number of hydrogen-bond acceptors (Lipinski definition) is 2. The van der Waals surface area contributed by atoms with Crippen molar-refractivity contribution in [1.82, 2.24) is 10.2 Å². The summed E-state index contributed by atoms with van der Waals surface area (Å²) < 4.78 is 13.5. The molecule has 6 heteroatoms. The molecule has 0 saturated carbocycles. The highest BCUT2D eigenvalue weighted by atomic mass is 35.5. The molecule has 0 heterocycles. The lowest BCUT2D eigenvalue weighted by molar-refractivity contribution is -0.128. The first-order valence-electron chi connectivity index (χ1n) is 6.06. The monoisotopic (exact) mass is 298 g/mol. The van der Waals surface area contributed by atoms with Crippen molar-refractivity contribution in [3.8, 4) is 0 Å². The summed E-state index contributed by atoms with van der Waals surface area (Å²) in [5.74, 6) is -1.40. The maximum absolute atomic E-state index is 13.5. The van der Waals surface area contributed by atoms with Gasteiger partial charge in [0.1, 0.15) is 5.82 Å². The summed E-state index contributed by atoms with van der Waals surface area (Å²) >= 11 is 5.79. The maximum atomic E-state index is 13.5. The van der Waals surface area contributed by atoms with Gasteiger partial charge >= 0.3 is 0 Å². The summed E-state index contributed by atoms with van der Waals surface area (Å²) in [5.41, 5.74) is -0.188. The molecule has 0 fully saturated rings. The van der Waals surface area contributed by atoms with Gasteiger partial charge in [-0.05, 0) is 12.1 Å². The molecule has 0 aliphatic rings. The summed E-state index contributed by atoms with van der Waals surface area (Å²) in [6, 6.07) is 4.04. The van der Waals surface area contributed by atoms with E-state index in [2.05, 4.69) is 11.9 Å². The van der Waals surface area contributed by atoms with Gasteiger partial charge in [0, 0.05) is 26.6 Å². The molecule has 0 bridgehead atoms. The summed E-state index contributed by atoms with van der Waals surface area (Å²) in [7, 11) is 0. The van der Waals surface area contributed by atoms with Crippen LogP contribution in [0.15, 0.2) is 30.9 Å². The summed E-state index contributed by atoms with van der Waals surface area (Å²) in [5, 5.41) is 2.59. The van der Waals surface area contributed by atoms with Gasteiger partial charge in [-0.2, -0.15) is 0 Å². The molecule has 0 saturated heterocycles. The fourth-order valence-electron chi connectivity index (χ4n) is 1.64. The SMILES string of the molecule is C=CCN(CCNC(=O)c1c(F)cccc1Cl)C(C)=O. The Bertz CT molecular complexity index is 500. The van der Waals surface area contributed by atoms with Gasteiger partial charge in [-0.15, -0.1) is 6.58 Å². The van der Waals surface area contributed by atoms with Crippen molar-refractivity contribution in [1.29, 1.82) is 0 Å². The largest absolute Gasteiger partial charge is 0.350 e. The minimum absolute atomic E-state index is 0.0528. The van der Waals surface area contributed by atoms with E-state index in [-0.39, 0.29) is 23.0 Å². The molecule has 0 aromatic heterocycles. The van der Waals surface area contributed by atoms with Crippen LogP contribution in [0.3, 0.4) is 0 Å². The van der Waals surface area contributed by atoms with E-state index in [9.17, 15) is 14.0 Å². The van der Waals surface area contributed by atoms with E-state index in [1.54, 1.807) is 6.08 Å². The third kappa shape index (κ3) is 4.35. The second-order valence-corrected chi connectivity index (χ2v) is 4.51. The number of carbonyl (C=O) groups is 2. The third-order valence-corrected chi connectivity index (χ3v) is 2.97. The minimum atomic E-state index is -0.676. The lowest BCUT2D eigenvalue weighted by Crippen LogP contribution is -2.37. The van der Waals surface area contributed by atoms with Crippen LogP contribution in [0.2, 0.25) is 5.02 Å². The van der Waals surface area contributed by atoms with Crippen LogP contribution in [-0.2, 0) is 4.79 Å². The Kier molecular flexibility index (Phi) is 6.18. The number of amides is 2. The molecule has 0 atom stereocenters. The molecule has 0 radical (unpaired) electrons. The Hall–Kier alpha value is -1.88. The molecule has 0 unspecified atom stereocenters. The number of rotatable bonds is 6. The number of halogens is 2. The van der Waals surface area contributed by atoms with Gasteiger partial charge in [-0.3, -0.25) is 9.59 Å². The molecule has 1 aromatic carbocycles. The minimum Gasteiger partial charge on any atom is -0.350 e.